The van der Waals surface area contributed by atoms with Gasteiger partial charge in [-0.3, -0.25) is 10.4 Å². The summed E-state index contributed by atoms with van der Waals surface area (Å²) < 4.78 is 5.03. The Hall–Kier alpha value is -2.74. The molecule has 1 N–H and O–H groups in total. The molecule has 3 rings (SSSR count). The number of hydrogen-bond acceptors (Lipinski definition) is 5. The van der Waals surface area contributed by atoms with Crippen molar-refractivity contribution < 1.29 is 9.53 Å². The number of fused-ring (bicyclic) bond motifs is 1. The lowest BCUT2D eigenvalue weighted by Crippen LogP contribution is -2.52. The summed E-state index contributed by atoms with van der Waals surface area (Å²) in [6.07, 6.45) is 1.57. The number of ether oxygens (including phenoxy) is 1. The van der Waals surface area contributed by atoms with Crippen molar-refractivity contribution in [2.45, 2.75) is 13.8 Å². The smallest absolute Gasteiger partial charge is 0.409 e. The van der Waals surface area contributed by atoms with Gasteiger partial charge in [-0.15, -0.1) is 0 Å². The third-order valence-corrected chi connectivity index (χ3v) is 4.76. The summed E-state index contributed by atoms with van der Waals surface area (Å²) in [5.41, 5.74) is 4.50. The summed E-state index contributed by atoms with van der Waals surface area (Å²) in [4.78, 5) is 19.9. The fourth-order valence-corrected chi connectivity index (χ4v) is 3.08. The lowest BCUT2D eigenvalue weighted by molar-refractivity contribution is 0.0919. The minimum absolute atomic E-state index is 0.271. The van der Waals surface area contributed by atoms with Gasteiger partial charge >= 0.3 is 6.09 Å². The summed E-state index contributed by atoms with van der Waals surface area (Å²) >= 11 is 5.43. The molecule has 8 heteroatoms. The van der Waals surface area contributed by atoms with Crippen LogP contribution in [0.3, 0.4) is 0 Å². The quantitative estimate of drug-likeness (QED) is 0.498. The van der Waals surface area contributed by atoms with E-state index in [1.807, 2.05) is 42.3 Å². The zero-order valence-electron chi connectivity index (χ0n) is 15.5. The first-order valence-corrected chi connectivity index (χ1v) is 9.35. The zero-order valence-corrected chi connectivity index (χ0v) is 16.3. The number of pyridine rings is 1. The number of amides is 1. The summed E-state index contributed by atoms with van der Waals surface area (Å²) in [6, 6.07) is 10.1. The molecule has 1 amide bonds. The SMILES string of the molecule is CCOC(=O)N1CCN(C(=S)N/N=C(\C)c2cc3ccccc3cn2)CC1. The van der Waals surface area contributed by atoms with Gasteiger partial charge in [-0.25, -0.2) is 4.79 Å². The van der Waals surface area contributed by atoms with Gasteiger partial charge in [0, 0.05) is 37.8 Å². The molecular weight excluding hydrogens is 362 g/mol. The molecule has 1 aliphatic rings. The van der Waals surface area contributed by atoms with Crippen LogP contribution >= 0.6 is 12.2 Å². The van der Waals surface area contributed by atoms with Crippen LogP contribution in [0.5, 0.6) is 0 Å². The maximum Gasteiger partial charge on any atom is 0.409 e. The third kappa shape index (κ3) is 4.71. The van der Waals surface area contributed by atoms with Crippen molar-refractivity contribution in [1.82, 2.24) is 20.2 Å². The number of hydrazone groups is 1. The number of nitrogens with zero attached hydrogens (tertiary/aromatic N) is 4. The zero-order chi connectivity index (χ0) is 19.2. The van der Waals surface area contributed by atoms with E-state index >= 15 is 0 Å². The van der Waals surface area contributed by atoms with Gasteiger partial charge in [0.1, 0.15) is 0 Å². The van der Waals surface area contributed by atoms with Gasteiger partial charge in [0.25, 0.3) is 0 Å². The molecule has 0 spiro atoms. The molecule has 27 heavy (non-hydrogen) atoms. The van der Waals surface area contributed by atoms with Gasteiger partial charge in [-0.2, -0.15) is 5.10 Å². The van der Waals surface area contributed by atoms with Gasteiger partial charge in [-0.1, -0.05) is 24.3 Å². The second-order valence-corrected chi connectivity index (χ2v) is 6.59. The number of rotatable bonds is 3. The number of hydrogen-bond donors (Lipinski definition) is 1. The van der Waals surface area contributed by atoms with Crippen molar-refractivity contribution in [3.8, 4) is 0 Å². The molecule has 1 aromatic carbocycles. The van der Waals surface area contributed by atoms with Crippen LogP contribution in [0.2, 0.25) is 0 Å². The Balaban J connectivity index is 1.57. The van der Waals surface area contributed by atoms with Crippen molar-refractivity contribution in [2.75, 3.05) is 32.8 Å². The highest BCUT2D eigenvalue weighted by molar-refractivity contribution is 7.80. The predicted octanol–water partition coefficient (Wildman–Crippen LogP) is 2.61. The number of thiocarbonyl (C=S) groups is 1. The van der Waals surface area contributed by atoms with Crippen LogP contribution in [-0.4, -0.2) is 64.5 Å². The molecule has 0 saturated carbocycles. The van der Waals surface area contributed by atoms with Gasteiger partial charge in [0.2, 0.25) is 0 Å². The Morgan fingerprint density at radius 1 is 1.22 bits per heavy atom. The van der Waals surface area contributed by atoms with E-state index in [1.165, 1.54) is 0 Å². The molecule has 2 heterocycles. The predicted molar refractivity (Wildman–Crippen MR) is 110 cm³/mol. The van der Waals surface area contributed by atoms with Crippen molar-refractivity contribution >= 4 is 39.9 Å². The van der Waals surface area contributed by atoms with Crippen LogP contribution < -0.4 is 5.43 Å². The monoisotopic (exact) mass is 385 g/mol. The minimum Gasteiger partial charge on any atom is -0.450 e. The number of nitrogens with one attached hydrogen (secondary N) is 1. The molecule has 0 radical (unpaired) electrons. The summed E-state index contributed by atoms with van der Waals surface area (Å²) in [5.74, 6) is 0. The highest BCUT2D eigenvalue weighted by atomic mass is 32.1. The van der Waals surface area contributed by atoms with Crippen molar-refractivity contribution in [3.05, 3.63) is 42.2 Å². The molecule has 0 unspecified atom stereocenters. The standard InChI is InChI=1S/C19H23N5O2S/c1-3-26-19(25)24-10-8-23(9-11-24)18(27)22-21-14(2)17-12-15-6-4-5-7-16(15)13-20-17/h4-7,12-13H,3,8-11H2,1-2H3,(H,22,27)/b21-14+. The van der Waals surface area contributed by atoms with Crippen LogP contribution in [0.4, 0.5) is 4.79 Å². The molecule has 1 aromatic heterocycles. The van der Waals surface area contributed by atoms with Crippen molar-refractivity contribution in [1.29, 1.82) is 0 Å². The molecule has 0 bridgehead atoms. The fraction of sp³-hybridized carbons (Fsp3) is 0.368. The first kappa shape index (κ1) is 19.0. The van der Waals surface area contributed by atoms with E-state index in [1.54, 1.807) is 11.8 Å². The van der Waals surface area contributed by atoms with Crippen molar-refractivity contribution in [2.24, 2.45) is 5.10 Å². The molecule has 1 fully saturated rings. The van der Waals surface area contributed by atoms with Gasteiger partial charge in [0.05, 0.1) is 18.0 Å². The molecular formula is C19H23N5O2S. The van der Waals surface area contributed by atoms with E-state index in [-0.39, 0.29) is 6.09 Å². The molecule has 2 aromatic rings. The number of carbonyl (C=O) groups is 1. The topological polar surface area (TPSA) is 70.1 Å². The Labute approximate surface area is 164 Å². The number of carbonyl (C=O) groups excluding carboxylic acids is 1. The normalized spacial score (nSPS) is 15.0. The maximum atomic E-state index is 11.7. The molecule has 142 valence electrons. The first-order chi connectivity index (χ1) is 13.1. The second-order valence-electron chi connectivity index (χ2n) is 6.20. The Morgan fingerprint density at radius 3 is 2.59 bits per heavy atom. The van der Waals surface area contributed by atoms with Gasteiger partial charge < -0.3 is 14.5 Å². The van der Waals surface area contributed by atoms with E-state index in [0.29, 0.717) is 37.9 Å². The van der Waals surface area contributed by atoms with Crippen molar-refractivity contribution in [3.63, 3.8) is 0 Å². The molecule has 1 saturated heterocycles. The van der Waals surface area contributed by atoms with E-state index in [4.69, 9.17) is 17.0 Å². The average molecular weight is 385 g/mol. The maximum absolute atomic E-state index is 11.7. The third-order valence-electron chi connectivity index (χ3n) is 4.41. The van der Waals surface area contributed by atoms with Crippen LogP contribution in [0.25, 0.3) is 10.8 Å². The highest BCUT2D eigenvalue weighted by Crippen LogP contribution is 2.13. The molecule has 0 atom stereocenters. The molecule has 7 nitrogen and oxygen atoms in total. The molecule has 0 aliphatic carbocycles. The van der Waals surface area contributed by atoms with Crippen LogP contribution in [0, 0.1) is 0 Å². The summed E-state index contributed by atoms with van der Waals surface area (Å²) in [5, 5.41) is 7.13. The Kier molecular flexibility index (Phi) is 6.18. The lowest BCUT2D eigenvalue weighted by Gasteiger charge is -2.34. The van der Waals surface area contributed by atoms with E-state index < -0.39 is 0 Å². The number of benzene rings is 1. The van der Waals surface area contributed by atoms with E-state index in [2.05, 4.69) is 21.6 Å². The van der Waals surface area contributed by atoms with Crippen LogP contribution in [0.15, 0.2) is 41.6 Å². The molecule has 1 aliphatic heterocycles. The summed E-state index contributed by atoms with van der Waals surface area (Å²) in [6.45, 7) is 6.53. The second kappa shape index (κ2) is 8.77. The summed E-state index contributed by atoms with van der Waals surface area (Å²) in [7, 11) is 0. The van der Waals surface area contributed by atoms with Crippen LogP contribution in [0.1, 0.15) is 19.5 Å². The Morgan fingerprint density at radius 2 is 1.89 bits per heavy atom. The average Bonchev–Trinajstić information content (AvgIpc) is 2.71. The van der Waals surface area contributed by atoms with Gasteiger partial charge in [0.15, 0.2) is 5.11 Å². The first-order valence-electron chi connectivity index (χ1n) is 8.94. The van der Waals surface area contributed by atoms with Crippen LogP contribution in [-0.2, 0) is 4.74 Å². The lowest BCUT2D eigenvalue weighted by atomic mass is 10.1. The number of aromatic nitrogens is 1. The number of piperazine rings is 1. The largest absolute Gasteiger partial charge is 0.450 e. The Bertz CT molecular complexity index is 862. The highest BCUT2D eigenvalue weighted by Gasteiger charge is 2.23. The van der Waals surface area contributed by atoms with E-state index in [9.17, 15) is 4.79 Å². The van der Waals surface area contributed by atoms with Gasteiger partial charge in [-0.05, 0) is 37.5 Å². The minimum atomic E-state index is -0.271. The van der Waals surface area contributed by atoms with E-state index in [0.717, 1.165) is 22.2 Å². The fourth-order valence-electron chi connectivity index (χ4n) is 2.85.